The quantitative estimate of drug-likeness (QED) is 0.739. The smallest absolute Gasteiger partial charge is 0.258 e. The van der Waals surface area contributed by atoms with Crippen LogP contribution in [0.25, 0.3) is 4.96 Å². The molecular weight excluding hydrogens is 276 g/mol. The summed E-state index contributed by atoms with van der Waals surface area (Å²) in [4.78, 5) is 17.1. The summed E-state index contributed by atoms with van der Waals surface area (Å²) in [5, 5.41) is 1.88. The third kappa shape index (κ3) is 2.88. The van der Waals surface area contributed by atoms with Crippen LogP contribution in [0.15, 0.2) is 52.8 Å². The van der Waals surface area contributed by atoms with Gasteiger partial charge in [-0.3, -0.25) is 9.20 Å². The van der Waals surface area contributed by atoms with Gasteiger partial charge in [0.2, 0.25) is 0 Å². The Morgan fingerprint density at radius 1 is 1.21 bits per heavy atom. The third-order valence-electron chi connectivity index (χ3n) is 2.72. The van der Waals surface area contributed by atoms with Gasteiger partial charge in [0.25, 0.3) is 5.56 Å². The molecule has 0 aliphatic heterocycles. The molecule has 0 aliphatic rings. The highest BCUT2D eigenvalue weighted by atomic mass is 32.2. The maximum absolute atomic E-state index is 11.8. The molecule has 3 rings (SSSR count). The molecule has 96 valence electrons. The first-order valence-corrected chi connectivity index (χ1v) is 7.94. The van der Waals surface area contributed by atoms with Crippen molar-refractivity contribution in [1.82, 2.24) is 9.38 Å². The van der Waals surface area contributed by atoms with Crippen molar-refractivity contribution >= 4 is 28.1 Å². The maximum atomic E-state index is 11.8. The van der Waals surface area contributed by atoms with Crippen molar-refractivity contribution < 1.29 is 0 Å². The molecule has 0 bridgehead atoms. The molecule has 0 N–H and O–H groups in total. The second-order valence-electron chi connectivity index (χ2n) is 4.12. The van der Waals surface area contributed by atoms with Crippen LogP contribution in [0.2, 0.25) is 0 Å². The molecule has 0 saturated heterocycles. The number of nitrogens with zero attached hydrogens (tertiary/aromatic N) is 2. The van der Waals surface area contributed by atoms with Gasteiger partial charge in [-0.25, -0.2) is 4.98 Å². The van der Waals surface area contributed by atoms with E-state index in [-0.39, 0.29) is 5.56 Å². The van der Waals surface area contributed by atoms with Crippen LogP contribution < -0.4 is 5.56 Å². The predicted molar refractivity (Wildman–Crippen MR) is 80.8 cm³/mol. The topological polar surface area (TPSA) is 34.4 Å². The van der Waals surface area contributed by atoms with Gasteiger partial charge in [-0.1, -0.05) is 30.3 Å². The lowest BCUT2D eigenvalue weighted by Crippen LogP contribution is -2.12. The fourth-order valence-electron chi connectivity index (χ4n) is 1.81. The molecule has 0 spiro atoms. The van der Waals surface area contributed by atoms with Gasteiger partial charge in [0.15, 0.2) is 4.96 Å². The summed E-state index contributed by atoms with van der Waals surface area (Å²) >= 11 is 3.26. The van der Waals surface area contributed by atoms with Crippen LogP contribution in [-0.2, 0) is 11.5 Å². The van der Waals surface area contributed by atoms with E-state index in [1.54, 1.807) is 28.4 Å². The van der Waals surface area contributed by atoms with E-state index in [4.69, 9.17) is 0 Å². The molecule has 0 fully saturated rings. The molecule has 0 saturated carbocycles. The van der Waals surface area contributed by atoms with Crippen molar-refractivity contribution in [2.75, 3.05) is 0 Å². The molecule has 3 aromatic rings. The number of thioether (sulfide) groups is 1. The van der Waals surface area contributed by atoms with E-state index in [0.29, 0.717) is 0 Å². The Bertz CT molecular complexity index is 734. The number of benzene rings is 1. The van der Waals surface area contributed by atoms with E-state index in [1.807, 2.05) is 23.6 Å². The van der Waals surface area contributed by atoms with Crippen LogP contribution in [-0.4, -0.2) is 9.38 Å². The van der Waals surface area contributed by atoms with Crippen LogP contribution in [0.3, 0.4) is 0 Å². The minimum atomic E-state index is 0.00145. The van der Waals surface area contributed by atoms with E-state index in [9.17, 15) is 4.79 Å². The van der Waals surface area contributed by atoms with E-state index in [2.05, 4.69) is 17.1 Å². The van der Waals surface area contributed by atoms with Gasteiger partial charge in [0.05, 0.1) is 5.69 Å². The molecular formula is C14H12N2OS2. The SMILES string of the molecule is O=c1cc(CSCc2ccccc2)nc2sccn12. The highest BCUT2D eigenvalue weighted by Gasteiger charge is 2.03. The second-order valence-corrected chi connectivity index (χ2v) is 5.98. The third-order valence-corrected chi connectivity index (χ3v) is 4.51. The van der Waals surface area contributed by atoms with Crippen LogP contribution in [0, 0.1) is 0 Å². The second kappa shape index (κ2) is 5.59. The highest BCUT2D eigenvalue weighted by molar-refractivity contribution is 7.97. The molecule has 2 aromatic heterocycles. The lowest BCUT2D eigenvalue weighted by molar-refractivity contribution is 1.04. The summed E-state index contributed by atoms with van der Waals surface area (Å²) in [6.07, 6.45) is 1.76. The van der Waals surface area contributed by atoms with Gasteiger partial charge >= 0.3 is 0 Å². The van der Waals surface area contributed by atoms with Crippen LogP contribution in [0.1, 0.15) is 11.3 Å². The monoisotopic (exact) mass is 288 g/mol. The molecule has 19 heavy (non-hydrogen) atoms. The van der Waals surface area contributed by atoms with Crippen LogP contribution in [0.4, 0.5) is 0 Å². The summed E-state index contributed by atoms with van der Waals surface area (Å²) in [6, 6.07) is 11.9. The van der Waals surface area contributed by atoms with E-state index in [1.165, 1.54) is 16.9 Å². The minimum Gasteiger partial charge on any atom is -0.269 e. The number of aromatic nitrogens is 2. The fraction of sp³-hybridized carbons (Fsp3) is 0.143. The van der Waals surface area contributed by atoms with Crippen LogP contribution in [0.5, 0.6) is 0 Å². The first-order valence-electron chi connectivity index (χ1n) is 5.90. The summed E-state index contributed by atoms with van der Waals surface area (Å²) in [7, 11) is 0. The lowest BCUT2D eigenvalue weighted by atomic mass is 10.2. The van der Waals surface area contributed by atoms with Gasteiger partial charge in [-0.15, -0.1) is 11.3 Å². The molecule has 5 heteroatoms. The van der Waals surface area contributed by atoms with Crippen molar-refractivity contribution in [2.24, 2.45) is 0 Å². The average Bonchev–Trinajstić information content (AvgIpc) is 2.89. The molecule has 1 aromatic carbocycles. The largest absolute Gasteiger partial charge is 0.269 e. The lowest BCUT2D eigenvalue weighted by Gasteiger charge is -2.02. The summed E-state index contributed by atoms with van der Waals surface area (Å²) in [5.74, 6) is 1.70. The van der Waals surface area contributed by atoms with E-state index < -0.39 is 0 Å². The van der Waals surface area contributed by atoms with Crippen molar-refractivity contribution in [1.29, 1.82) is 0 Å². The molecule has 3 nitrogen and oxygen atoms in total. The first-order chi connectivity index (χ1) is 9.33. The number of thiazole rings is 1. The van der Waals surface area contributed by atoms with Gasteiger partial charge < -0.3 is 0 Å². The number of fused-ring (bicyclic) bond motifs is 1. The van der Waals surface area contributed by atoms with Crippen molar-refractivity contribution in [3.8, 4) is 0 Å². The molecule has 0 radical (unpaired) electrons. The zero-order valence-corrected chi connectivity index (χ0v) is 11.8. The molecule has 0 amide bonds. The van der Waals surface area contributed by atoms with Gasteiger partial charge in [0.1, 0.15) is 0 Å². The number of rotatable bonds is 4. The zero-order chi connectivity index (χ0) is 13.1. The van der Waals surface area contributed by atoms with Gasteiger partial charge in [-0.05, 0) is 5.56 Å². The fourth-order valence-corrected chi connectivity index (χ4v) is 3.44. The predicted octanol–water partition coefficient (Wildman–Crippen LogP) is 3.19. The molecule has 0 atom stereocenters. The Morgan fingerprint density at radius 2 is 2.05 bits per heavy atom. The summed E-state index contributed by atoms with van der Waals surface area (Å²) in [6.45, 7) is 0. The van der Waals surface area contributed by atoms with E-state index >= 15 is 0 Å². The minimum absolute atomic E-state index is 0.00145. The van der Waals surface area contributed by atoms with E-state index in [0.717, 1.165) is 22.2 Å². The average molecular weight is 288 g/mol. The van der Waals surface area contributed by atoms with Crippen molar-refractivity contribution in [3.63, 3.8) is 0 Å². The van der Waals surface area contributed by atoms with Gasteiger partial charge in [0, 0.05) is 29.1 Å². The number of hydrogen-bond donors (Lipinski definition) is 0. The zero-order valence-electron chi connectivity index (χ0n) is 10.2. The molecule has 2 heterocycles. The van der Waals surface area contributed by atoms with Crippen molar-refractivity contribution in [3.05, 3.63) is 69.6 Å². The van der Waals surface area contributed by atoms with Crippen LogP contribution >= 0.6 is 23.1 Å². The molecule has 0 aliphatic carbocycles. The first kappa shape index (κ1) is 12.4. The Labute approximate surface area is 118 Å². The Balaban J connectivity index is 1.70. The van der Waals surface area contributed by atoms with Gasteiger partial charge in [-0.2, -0.15) is 11.8 Å². The highest BCUT2D eigenvalue weighted by Crippen LogP contribution is 2.17. The standard InChI is InChI=1S/C14H12N2OS2/c17-13-8-12(15-14-16(13)6-7-19-14)10-18-9-11-4-2-1-3-5-11/h1-8H,9-10H2. The number of hydrogen-bond acceptors (Lipinski definition) is 4. The Hall–Kier alpha value is -1.59. The maximum Gasteiger partial charge on any atom is 0.258 e. The Morgan fingerprint density at radius 3 is 2.89 bits per heavy atom. The van der Waals surface area contributed by atoms with Crippen molar-refractivity contribution in [2.45, 2.75) is 11.5 Å². The summed E-state index contributed by atoms with van der Waals surface area (Å²) in [5.41, 5.74) is 2.15. The Kier molecular flexibility index (Phi) is 3.66. The summed E-state index contributed by atoms with van der Waals surface area (Å²) < 4.78 is 1.58. The normalized spacial score (nSPS) is 10.9. The molecule has 0 unspecified atom stereocenters.